The van der Waals surface area contributed by atoms with Gasteiger partial charge in [0.15, 0.2) is 9.84 Å². The van der Waals surface area contributed by atoms with E-state index >= 15 is 0 Å². The smallest absolute Gasteiger partial charge is 0.462 e. The molecule has 1 aromatic rings. The van der Waals surface area contributed by atoms with Crippen molar-refractivity contribution in [2.75, 3.05) is 19.5 Å². The van der Waals surface area contributed by atoms with E-state index < -0.39 is 16.0 Å². The van der Waals surface area contributed by atoms with Gasteiger partial charge in [-0.15, -0.1) is 0 Å². The van der Waals surface area contributed by atoms with E-state index in [-0.39, 0.29) is 35.7 Å². The van der Waals surface area contributed by atoms with Gasteiger partial charge in [-0.3, -0.25) is 4.79 Å². The number of carbonyl (C=O) groups excluding carboxylic acids is 2. The van der Waals surface area contributed by atoms with E-state index in [1.807, 2.05) is 0 Å². The molecule has 0 aliphatic rings. The lowest BCUT2D eigenvalue weighted by atomic mass is 10.2. The van der Waals surface area contributed by atoms with E-state index in [1.54, 1.807) is 13.8 Å². The normalized spacial score (nSPS) is 11.1. The molecule has 122 valence electrons. The second-order valence-electron chi connectivity index (χ2n) is 4.77. The van der Waals surface area contributed by atoms with Gasteiger partial charge >= 0.3 is 12.1 Å². The topological polar surface area (TPSA) is 96.0 Å². The van der Waals surface area contributed by atoms with Crippen LogP contribution in [0.1, 0.15) is 13.8 Å². The quantitative estimate of drug-likeness (QED) is 0.446. The Kier molecular flexibility index (Phi) is 6.36. The van der Waals surface area contributed by atoms with Gasteiger partial charge in [-0.05, 0) is 24.3 Å². The molecule has 1 rings (SSSR count). The van der Waals surface area contributed by atoms with Gasteiger partial charge in [0.1, 0.15) is 19.0 Å². The fourth-order valence-corrected chi connectivity index (χ4v) is 1.94. The van der Waals surface area contributed by atoms with Crippen LogP contribution in [-0.2, 0) is 24.1 Å². The molecule has 0 aliphatic carbocycles. The van der Waals surface area contributed by atoms with E-state index in [0.717, 1.165) is 6.26 Å². The van der Waals surface area contributed by atoms with Crippen molar-refractivity contribution in [3.8, 4) is 5.75 Å². The summed E-state index contributed by atoms with van der Waals surface area (Å²) >= 11 is 0. The van der Waals surface area contributed by atoms with Crippen LogP contribution in [0.25, 0.3) is 0 Å². The van der Waals surface area contributed by atoms with Crippen LogP contribution in [0.2, 0.25) is 0 Å². The fraction of sp³-hybridized carbons (Fsp3) is 0.429. The molecule has 0 saturated carbocycles. The Labute approximate surface area is 129 Å². The number of hydrogen-bond acceptors (Lipinski definition) is 7. The van der Waals surface area contributed by atoms with Gasteiger partial charge < -0.3 is 14.2 Å². The molecule has 0 radical (unpaired) electrons. The van der Waals surface area contributed by atoms with Crippen LogP contribution < -0.4 is 4.74 Å². The van der Waals surface area contributed by atoms with Crippen LogP contribution in [0.5, 0.6) is 5.75 Å². The summed E-state index contributed by atoms with van der Waals surface area (Å²) in [5, 5.41) is 0. The highest BCUT2D eigenvalue weighted by atomic mass is 32.2. The zero-order valence-electron chi connectivity index (χ0n) is 12.6. The molecular formula is C14H18O7S. The number of ether oxygens (including phenoxy) is 3. The maximum Gasteiger partial charge on any atom is 0.513 e. The van der Waals surface area contributed by atoms with Crippen LogP contribution in [0.4, 0.5) is 4.79 Å². The number of carbonyl (C=O) groups is 2. The summed E-state index contributed by atoms with van der Waals surface area (Å²) in [4.78, 5) is 22.6. The molecule has 0 atom stereocenters. The Morgan fingerprint density at radius 1 is 1.05 bits per heavy atom. The number of esters is 1. The van der Waals surface area contributed by atoms with Gasteiger partial charge in [0.2, 0.25) is 0 Å². The highest BCUT2D eigenvalue weighted by Gasteiger charge is 2.11. The molecule has 8 heteroatoms. The number of rotatable bonds is 6. The van der Waals surface area contributed by atoms with Crippen molar-refractivity contribution >= 4 is 22.0 Å². The standard InChI is InChI=1S/C14H18O7S/c1-10(2)13(15)19-8-9-20-14(16)21-11-4-6-12(7-5-11)22(3,17)18/h4-7,10H,8-9H2,1-3H3. The lowest BCUT2D eigenvalue weighted by Gasteiger charge is -2.08. The van der Waals surface area contributed by atoms with Gasteiger partial charge in [-0.1, -0.05) is 13.8 Å². The Morgan fingerprint density at radius 2 is 1.59 bits per heavy atom. The van der Waals surface area contributed by atoms with Gasteiger partial charge in [0.05, 0.1) is 10.8 Å². The van der Waals surface area contributed by atoms with E-state index in [4.69, 9.17) is 14.2 Å². The van der Waals surface area contributed by atoms with Gasteiger partial charge in [0.25, 0.3) is 0 Å². The molecule has 0 fully saturated rings. The molecule has 0 amide bonds. The van der Waals surface area contributed by atoms with Crippen LogP contribution in [0.3, 0.4) is 0 Å². The summed E-state index contributed by atoms with van der Waals surface area (Å²) in [6.45, 7) is 3.20. The Morgan fingerprint density at radius 3 is 2.09 bits per heavy atom. The Hall–Kier alpha value is -2.09. The first-order valence-corrected chi connectivity index (χ1v) is 8.40. The fourth-order valence-electron chi connectivity index (χ4n) is 1.31. The maximum atomic E-state index is 11.4. The predicted octanol–water partition coefficient (Wildman–Crippen LogP) is 1.80. The van der Waals surface area contributed by atoms with Crippen LogP contribution in [0.15, 0.2) is 29.2 Å². The van der Waals surface area contributed by atoms with Crippen LogP contribution in [-0.4, -0.2) is 40.0 Å². The third kappa shape index (κ3) is 6.13. The first kappa shape index (κ1) is 18.0. The van der Waals surface area contributed by atoms with Crippen molar-refractivity contribution in [2.45, 2.75) is 18.7 Å². The van der Waals surface area contributed by atoms with Gasteiger partial charge in [0, 0.05) is 6.26 Å². The molecule has 0 bridgehead atoms. The van der Waals surface area contributed by atoms with E-state index in [9.17, 15) is 18.0 Å². The van der Waals surface area contributed by atoms with Crippen molar-refractivity contribution in [3.63, 3.8) is 0 Å². The largest absolute Gasteiger partial charge is 0.513 e. The molecule has 0 saturated heterocycles. The minimum absolute atomic E-state index is 0.0564. The first-order chi connectivity index (χ1) is 10.2. The molecule has 0 N–H and O–H groups in total. The monoisotopic (exact) mass is 330 g/mol. The Balaban J connectivity index is 2.38. The summed E-state index contributed by atoms with van der Waals surface area (Å²) < 4.78 is 36.9. The first-order valence-electron chi connectivity index (χ1n) is 6.51. The molecule has 1 aromatic carbocycles. The second-order valence-corrected chi connectivity index (χ2v) is 6.78. The van der Waals surface area contributed by atoms with Crippen molar-refractivity contribution in [2.24, 2.45) is 5.92 Å². The van der Waals surface area contributed by atoms with Crippen molar-refractivity contribution in [1.82, 2.24) is 0 Å². The summed E-state index contributed by atoms with van der Waals surface area (Å²) in [7, 11) is -3.30. The van der Waals surface area contributed by atoms with Crippen LogP contribution in [0, 0.1) is 5.92 Å². The second kappa shape index (κ2) is 7.79. The lowest BCUT2D eigenvalue weighted by molar-refractivity contribution is -0.148. The van der Waals surface area contributed by atoms with Gasteiger partial charge in [-0.25, -0.2) is 13.2 Å². The highest BCUT2D eigenvalue weighted by Crippen LogP contribution is 2.16. The SMILES string of the molecule is CC(C)C(=O)OCCOC(=O)Oc1ccc(S(C)(=O)=O)cc1. The summed E-state index contributed by atoms with van der Waals surface area (Å²) in [6.07, 6.45) is 0.114. The molecule has 0 heterocycles. The summed E-state index contributed by atoms with van der Waals surface area (Å²) in [6, 6.07) is 5.33. The minimum Gasteiger partial charge on any atom is -0.462 e. The minimum atomic E-state index is -3.30. The zero-order chi connectivity index (χ0) is 16.8. The van der Waals surface area contributed by atoms with E-state index in [1.165, 1.54) is 24.3 Å². The zero-order valence-corrected chi connectivity index (χ0v) is 13.4. The Bertz CT molecular complexity index is 617. The van der Waals surface area contributed by atoms with Gasteiger partial charge in [-0.2, -0.15) is 0 Å². The number of benzene rings is 1. The summed E-state index contributed by atoms with van der Waals surface area (Å²) in [5.41, 5.74) is 0. The molecule has 7 nitrogen and oxygen atoms in total. The average molecular weight is 330 g/mol. The van der Waals surface area contributed by atoms with E-state index in [0.29, 0.717) is 0 Å². The average Bonchev–Trinajstić information content (AvgIpc) is 2.42. The lowest BCUT2D eigenvalue weighted by Crippen LogP contribution is -2.18. The highest BCUT2D eigenvalue weighted by molar-refractivity contribution is 7.90. The van der Waals surface area contributed by atoms with Crippen molar-refractivity contribution in [3.05, 3.63) is 24.3 Å². The third-order valence-corrected chi connectivity index (χ3v) is 3.60. The predicted molar refractivity (Wildman–Crippen MR) is 77.3 cm³/mol. The molecule has 0 aliphatic heterocycles. The molecule has 0 aromatic heterocycles. The van der Waals surface area contributed by atoms with Crippen molar-refractivity contribution < 1.29 is 32.2 Å². The molecule has 0 unspecified atom stereocenters. The number of sulfone groups is 1. The van der Waals surface area contributed by atoms with Crippen molar-refractivity contribution in [1.29, 1.82) is 0 Å². The molecule has 22 heavy (non-hydrogen) atoms. The molecule has 0 spiro atoms. The third-order valence-electron chi connectivity index (χ3n) is 2.47. The summed E-state index contributed by atoms with van der Waals surface area (Å²) in [5.74, 6) is -0.481. The molecular weight excluding hydrogens is 312 g/mol. The van der Waals surface area contributed by atoms with Crippen LogP contribution >= 0.6 is 0 Å². The number of hydrogen-bond donors (Lipinski definition) is 0. The maximum absolute atomic E-state index is 11.4. The van der Waals surface area contributed by atoms with E-state index in [2.05, 4.69) is 0 Å².